The number of aromatic amines is 4. The molecule has 0 saturated carbocycles. The third-order valence-electron chi connectivity index (χ3n) is 8.29. The average molecular weight is 791 g/mol. The first-order valence-electron chi connectivity index (χ1n) is 14.0. The number of nitrogens with zero attached hydrogens (tertiary/aromatic N) is 3. The van der Waals surface area contributed by atoms with Crippen LogP contribution in [0.15, 0.2) is 63.5 Å². The number of halogens is 8. The van der Waals surface area contributed by atoms with Crippen LogP contribution in [-0.4, -0.2) is 19.9 Å². The first-order valence-corrected chi connectivity index (χ1v) is 17.1. The highest BCUT2D eigenvalue weighted by atomic mass is 35.5. The molecule has 1 aliphatic rings. The van der Waals surface area contributed by atoms with Crippen molar-refractivity contribution in [2.45, 2.75) is 0 Å². The van der Waals surface area contributed by atoms with Crippen molar-refractivity contribution < 1.29 is 0 Å². The summed E-state index contributed by atoms with van der Waals surface area (Å²) >= 11 is 52.1. The minimum absolute atomic E-state index is 0.357. The molecule has 8 bridgehead atoms. The largest absolute Gasteiger partial charge is 0.339 e. The van der Waals surface area contributed by atoms with E-state index in [4.69, 9.17) is 108 Å². The summed E-state index contributed by atoms with van der Waals surface area (Å²) in [5.74, 6) is 1.46. The van der Waals surface area contributed by atoms with Crippen molar-refractivity contribution in [3.8, 4) is 0 Å². The molecule has 0 radical (unpaired) electrons. The first kappa shape index (κ1) is 30.7. The van der Waals surface area contributed by atoms with Crippen LogP contribution in [0.25, 0.3) is 49.2 Å². The molecule has 8 aromatic rings. The zero-order valence-electron chi connectivity index (χ0n) is 23.6. The zero-order chi connectivity index (χ0) is 33.2. The van der Waals surface area contributed by atoms with Gasteiger partial charge in [0.25, 0.3) is 0 Å². The Bertz CT molecular complexity index is 2610. The second-order valence-corrected chi connectivity index (χ2v) is 14.4. The highest BCUT2D eigenvalue weighted by molar-refractivity contribution is 6.44. The normalized spacial score (nSPS) is 12.8. The molecule has 5 heterocycles. The first-order chi connectivity index (χ1) is 23.0. The summed E-state index contributed by atoms with van der Waals surface area (Å²) < 4.78 is 0. The Morgan fingerprint density at radius 1 is 0.333 bits per heavy atom. The maximum absolute atomic E-state index is 6.53. The van der Waals surface area contributed by atoms with E-state index in [-0.39, 0.29) is 0 Å². The van der Waals surface area contributed by atoms with Gasteiger partial charge in [-0.25, -0.2) is 15.0 Å². The van der Waals surface area contributed by atoms with Crippen molar-refractivity contribution >= 4 is 159 Å². The van der Waals surface area contributed by atoms with Crippen molar-refractivity contribution in [3.05, 3.63) is 116 Å². The number of rotatable bonds is 0. The molecule has 1 aliphatic heterocycles. The van der Waals surface area contributed by atoms with Crippen molar-refractivity contribution in [1.82, 2.24) is 19.9 Å². The quantitative estimate of drug-likeness (QED) is 0.118. The summed E-state index contributed by atoms with van der Waals surface area (Å²) in [6, 6.07) is 14.1. The summed E-state index contributed by atoms with van der Waals surface area (Å²) in [6.07, 6.45) is 1.93. The van der Waals surface area contributed by atoms with Crippen molar-refractivity contribution in [3.63, 3.8) is 0 Å². The van der Waals surface area contributed by atoms with Gasteiger partial charge in [0.05, 0.1) is 40.2 Å². The number of fused-ring (bicyclic) bond motifs is 20. The fraction of sp³-hybridized carbons (Fsp3) is 0. The molecule has 4 aromatic heterocycles. The predicted molar refractivity (Wildman–Crippen MR) is 199 cm³/mol. The lowest BCUT2D eigenvalue weighted by Crippen LogP contribution is -2.10. The molecule has 7 nitrogen and oxygen atoms in total. The Hall–Kier alpha value is -3.37. The summed E-state index contributed by atoms with van der Waals surface area (Å²) in [4.78, 5) is 28.7. The van der Waals surface area contributed by atoms with Gasteiger partial charge in [-0.3, -0.25) is 0 Å². The number of aromatic nitrogens is 4. The standard InChI is InChI=1S/C33H13Cl8N7/c34-18-1-10-12(3-20(18)36)28-42-26(10)9-27-11-2-19(35)21(37)4-13(11)29(43-27)45-31-15-6-23(39)25(41)8-17(15)33(47-31)48-32-16-7-24(40)22(38)5-14(16)30(44-28)46-32/h1-9H,(H4,42,43,44,45,46,47,48). The van der Waals surface area contributed by atoms with Gasteiger partial charge in [-0.15, -0.1) is 0 Å². The third-order valence-corrected chi connectivity index (χ3v) is 11.2. The van der Waals surface area contributed by atoms with Crippen LogP contribution in [0.5, 0.6) is 0 Å². The van der Waals surface area contributed by atoms with Gasteiger partial charge >= 0.3 is 0 Å². The number of hydrogen-bond donors (Lipinski definition) is 4. The van der Waals surface area contributed by atoms with E-state index in [9.17, 15) is 0 Å². The van der Waals surface area contributed by atoms with E-state index in [1.165, 1.54) is 0 Å². The molecule has 15 heteroatoms. The monoisotopic (exact) mass is 787 g/mol. The summed E-state index contributed by atoms with van der Waals surface area (Å²) in [5, 5.41) is 9.42. The number of hydrogen-bond acceptors (Lipinski definition) is 3. The molecule has 236 valence electrons. The van der Waals surface area contributed by atoms with Crippen molar-refractivity contribution in [2.24, 2.45) is 15.0 Å². The lowest BCUT2D eigenvalue weighted by atomic mass is 10.1. The van der Waals surface area contributed by atoms with Gasteiger partial charge in [-0.05, 0) is 54.6 Å². The maximum atomic E-state index is 6.53. The van der Waals surface area contributed by atoms with Crippen LogP contribution in [0.4, 0.5) is 17.5 Å². The van der Waals surface area contributed by atoms with E-state index in [0.717, 1.165) is 21.5 Å². The maximum Gasteiger partial charge on any atom is 0.142 e. The molecule has 9 rings (SSSR count). The van der Waals surface area contributed by atoms with Crippen LogP contribution in [0.1, 0.15) is 5.69 Å². The highest BCUT2D eigenvalue weighted by Gasteiger charge is 2.18. The van der Waals surface area contributed by atoms with E-state index in [0.29, 0.717) is 107 Å². The topological polar surface area (TPSA) is 100 Å². The van der Waals surface area contributed by atoms with Crippen LogP contribution in [0, 0.1) is 0 Å². The van der Waals surface area contributed by atoms with Crippen molar-refractivity contribution in [2.75, 3.05) is 0 Å². The van der Waals surface area contributed by atoms with Crippen LogP contribution >= 0.6 is 92.8 Å². The van der Waals surface area contributed by atoms with E-state index < -0.39 is 0 Å². The minimum Gasteiger partial charge on any atom is -0.339 e. The lowest BCUT2D eigenvalue weighted by molar-refractivity contribution is 1.10. The van der Waals surface area contributed by atoms with Gasteiger partial charge < -0.3 is 19.9 Å². The number of benzene rings is 4. The van der Waals surface area contributed by atoms with Gasteiger partial charge in [-0.1, -0.05) is 92.8 Å². The van der Waals surface area contributed by atoms with Crippen LogP contribution in [-0.2, 0) is 0 Å². The molecule has 0 aliphatic carbocycles. The highest BCUT2D eigenvalue weighted by Crippen LogP contribution is 2.40. The van der Waals surface area contributed by atoms with Gasteiger partial charge in [0, 0.05) is 54.1 Å². The second kappa shape index (κ2) is 11.1. The number of H-pyrrole nitrogens is 4. The molecule has 0 atom stereocenters. The van der Waals surface area contributed by atoms with E-state index in [1.54, 1.807) is 48.5 Å². The Kier molecular flexibility index (Phi) is 7.07. The molecular formula is C33H13Cl8N7. The fourth-order valence-electron chi connectivity index (χ4n) is 6.06. The predicted octanol–water partition coefficient (Wildman–Crippen LogP) is 10.8. The molecular weight excluding hydrogens is 778 g/mol. The van der Waals surface area contributed by atoms with E-state index >= 15 is 0 Å². The van der Waals surface area contributed by atoms with Crippen LogP contribution < -0.4 is 21.8 Å². The van der Waals surface area contributed by atoms with Gasteiger partial charge in [0.15, 0.2) is 0 Å². The smallest absolute Gasteiger partial charge is 0.142 e. The van der Waals surface area contributed by atoms with E-state index in [2.05, 4.69) is 19.9 Å². The molecule has 0 unspecified atom stereocenters. The molecule has 0 fully saturated rings. The Balaban J connectivity index is 1.52. The zero-order valence-corrected chi connectivity index (χ0v) is 29.6. The SMILES string of the molecule is Clc1cc2c3[nH]c(c2cc1Cl)N=c1[nH]c(c2cc(Cl)c(Cl)cc12)=Nc1[nH]c(c2cc(Cl)c(Cl)cc12)N=c1[nH]c(c2cc(Cl)c(Cl)cc12)=C3. The van der Waals surface area contributed by atoms with Gasteiger partial charge in [-0.2, -0.15) is 0 Å². The fourth-order valence-corrected chi connectivity index (χ4v) is 7.37. The summed E-state index contributed by atoms with van der Waals surface area (Å²) in [7, 11) is 0. The Labute approximate surface area is 308 Å². The second-order valence-electron chi connectivity index (χ2n) is 11.1. The van der Waals surface area contributed by atoms with Gasteiger partial charge in [0.2, 0.25) is 0 Å². The molecule has 0 saturated heterocycles. The van der Waals surface area contributed by atoms with Crippen LogP contribution in [0.3, 0.4) is 0 Å². The average Bonchev–Trinajstić information content (AvgIpc) is 3.74. The Morgan fingerprint density at radius 2 is 0.667 bits per heavy atom. The third kappa shape index (κ3) is 4.76. The summed E-state index contributed by atoms with van der Waals surface area (Å²) in [6.45, 7) is 0. The molecule has 4 aromatic carbocycles. The minimum atomic E-state index is 0.357. The number of nitrogens with one attached hydrogen (secondary N) is 4. The molecule has 48 heavy (non-hydrogen) atoms. The van der Waals surface area contributed by atoms with Crippen molar-refractivity contribution in [1.29, 1.82) is 0 Å². The van der Waals surface area contributed by atoms with Crippen LogP contribution in [0.2, 0.25) is 40.2 Å². The Morgan fingerprint density at radius 3 is 1.15 bits per heavy atom. The van der Waals surface area contributed by atoms with E-state index in [1.807, 2.05) is 6.08 Å². The molecule has 4 N–H and O–H groups in total. The molecule has 0 spiro atoms. The molecule has 0 amide bonds. The van der Waals surface area contributed by atoms with Gasteiger partial charge in [0.1, 0.15) is 33.9 Å². The summed E-state index contributed by atoms with van der Waals surface area (Å²) in [5.41, 5.74) is 2.16. The lowest BCUT2D eigenvalue weighted by Gasteiger charge is -1.98.